The number of hydrogen-bond acceptors (Lipinski definition) is 6. The molecule has 192 valence electrons. The van der Waals surface area contributed by atoms with Crippen LogP contribution in [-0.2, 0) is 16.1 Å². The van der Waals surface area contributed by atoms with E-state index in [1.165, 1.54) is 25.9 Å². The molecule has 2 aliphatic rings. The summed E-state index contributed by atoms with van der Waals surface area (Å²) in [6.07, 6.45) is 7.61. The van der Waals surface area contributed by atoms with Crippen LogP contribution in [0.15, 0.2) is 17.1 Å². The Bertz CT molecular complexity index is 822. The molecule has 1 atom stereocenters. The highest BCUT2D eigenvalue weighted by molar-refractivity contribution is 5.95. The molecule has 10 heteroatoms. The first-order valence-corrected chi connectivity index (χ1v) is 11.9. The summed E-state index contributed by atoms with van der Waals surface area (Å²) in [5.41, 5.74) is 0.898. The molecule has 1 aromatic heterocycles. The Morgan fingerprint density at radius 1 is 1.12 bits per heavy atom. The first-order valence-electron chi connectivity index (χ1n) is 11.9. The van der Waals surface area contributed by atoms with Gasteiger partial charge in [-0.3, -0.25) is 19.2 Å². The van der Waals surface area contributed by atoms with Crippen LogP contribution >= 0.6 is 0 Å². The van der Waals surface area contributed by atoms with Crippen LogP contribution in [0.3, 0.4) is 0 Å². The first-order chi connectivity index (χ1) is 16.1. The number of piperidine rings is 1. The van der Waals surface area contributed by atoms with Crippen molar-refractivity contribution in [2.24, 2.45) is 5.92 Å². The van der Waals surface area contributed by atoms with Crippen molar-refractivity contribution in [3.8, 4) is 0 Å². The molecule has 1 aromatic rings. The molecule has 2 aliphatic heterocycles. The summed E-state index contributed by atoms with van der Waals surface area (Å²) in [4.78, 5) is 45.8. The number of pyridine rings is 1. The molecule has 1 amide bonds. The van der Waals surface area contributed by atoms with Gasteiger partial charge in [-0.15, -0.1) is 0 Å². The van der Waals surface area contributed by atoms with Crippen molar-refractivity contribution in [2.75, 3.05) is 39.3 Å². The second-order valence-electron chi connectivity index (χ2n) is 8.74. The van der Waals surface area contributed by atoms with E-state index < -0.39 is 11.9 Å². The van der Waals surface area contributed by atoms with E-state index in [1.54, 1.807) is 4.57 Å². The minimum absolute atomic E-state index is 0.160. The largest absolute Gasteiger partial charge is 0.481 e. The third-order valence-corrected chi connectivity index (χ3v) is 5.59. The van der Waals surface area contributed by atoms with Crippen LogP contribution in [0.2, 0.25) is 0 Å². The fourth-order valence-corrected chi connectivity index (χ4v) is 4.04. The molecule has 4 N–H and O–H groups in total. The van der Waals surface area contributed by atoms with Gasteiger partial charge >= 0.3 is 0 Å². The monoisotopic (exact) mass is 480 g/mol. The van der Waals surface area contributed by atoms with Crippen LogP contribution in [0.1, 0.15) is 61.9 Å². The molecule has 0 spiro atoms. The molecule has 10 nitrogen and oxygen atoms in total. The number of nitrogens with zero attached hydrogens (tertiary/aromatic N) is 2. The second-order valence-corrected chi connectivity index (χ2v) is 8.74. The number of hydrogen-bond donors (Lipinski definition) is 4. The number of nitrogens with one attached hydrogen (secondary N) is 2. The smallest absolute Gasteiger partial charge is 0.300 e. The normalized spacial score (nSPS) is 17.6. The van der Waals surface area contributed by atoms with E-state index in [2.05, 4.69) is 15.5 Å². The van der Waals surface area contributed by atoms with Gasteiger partial charge in [0.15, 0.2) is 0 Å². The highest BCUT2D eigenvalue weighted by Crippen LogP contribution is 2.12. The summed E-state index contributed by atoms with van der Waals surface area (Å²) in [7, 11) is 0. The lowest BCUT2D eigenvalue weighted by Gasteiger charge is -2.23. The third kappa shape index (κ3) is 11.9. The van der Waals surface area contributed by atoms with Crippen molar-refractivity contribution in [3.05, 3.63) is 33.7 Å². The van der Waals surface area contributed by atoms with E-state index in [0.29, 0.717) is 24.6 Å². The van der Waals surface area contributed by atoms with Gasteiger partial charge in [-0.1, -0.05) is 0 Å². The molecule has 0 saturated carbocycles. The zero-order chi connectivity index (χ0) is 25.5. The van der Waals surface area contributed by atoms with Crippen LogP contribution in [0.4, 0.5) is 0 Å². The number of aryl methyl sites for hydroxylation is 1. The number of carbonyl (C=O) groups is 3. The Morgan fingerprint density at radius 3 is 2.29 bits per heavy atom. The summed E-state index contributed by atoms with van der Waals surface area (Å²) in [5.74, 6) is -1.44. The molecule has 34 heavy (non-hydrogen) atoms. The van der Waals surface area contributed by atoms with Crippen molar-refractivity contribution in [1.29, 1.82) is 0 Å². The van der Waals surface area contributed by atoms with Crippen molar-refractivity contribution in [1.82, 2.24) is 20.1 Å². The molecule has 2 fully saturated rings. The minimum atomic E-state index is -0.833. The van der Waals surface area contributed by atoms with Gasteiger partial charge < -0.3 is 30.3 Å². The predicted molar refractivity (Wildman–Crippen MR) is 130 cm³/mol. The van der Waals surface area contributed by atoms with Crippen LogP contribution < -0.4 is 16.2 Å². The van der Waals surface area contributed by atoms with Crippen LogP contribution in [0.5, 0.6) is 0 Å². The van der Waals surface area contributed by atoms with Crippen molar-refractivity contribution in [3.63, 3.8) is 0 Å². The fraction of sp³-hybridized carbons (Fsp3) is 0.667. The SMILES string of the molecule is CC(=O)O.CC(=O)O.Cc1ccn(CC2CCCNC2)c(=O)c1C(=O)NCCCN1CCCC1. The van der Waals surface area contributed by atoms with E-state index in [4.69, 9.17) is 19.8 Å². The van der Waals surface area contributed by atoms with E-state index in [0.717, 1.165) is 58.3 Å². The lowest BCUT2D eigenvalue weighted by Crippen LogP contribution is -2.38. The van der Waals surface area contributed by atoms with Crippen LogP contribution in [0.25, 0.3) is 0 Å². The lowest BCUT2D eigenvalue weighted by atomic mass is 9.99. The molecule has 0 aliphatic carbocycles. The van der Waals surface area contributed by atoms with E-state index in [-0.39, 0.29) is 11.5 Å². The molecule has 3 rings (SSSR count). The second kappa shape index (κ2) is 16.0. The maximum Gasteiger partial charge on any atom is 0.300 e. The van der Waals surface area contributed by atoms with Crippen molar-refractivity contribution >= 4 is 17.8 Å². The average molecular weight is 481 g/mol. The fourth-order valence-electron chi connectivity index (χ4n) is 4.04. The standard InChI is InChI=1S/C20H32N4O2.2C2H4O2/c1-16-7-13-24(15-17-6-4-8-21-14-17)20(26)18(16)19(25)22-9-5-12-23-10-2-3-11-23;2*1-2(3)4/h7,13,17,21H,2-6,8-12,14-15H2,1H3,(H,22,25);2*1H3,(H,3,4). The Labute approximate surface area is 201 Å². The van der Waals surface area contributed by atoms with Gasteiger partial charge in [0.2, 0.25) is 0 Å². The van der Waals surface area contributed by atoms with E-state index in [9.17, 15) is 9.59 Å². The predicted octanol–water partition coefficient (Wildman–Crippen LogP) is 1.55. The molecule has 0 aromatic carbocycles. The van der Waals surface area contributed by atoms with Gasteiger partial charge in [-0.25, -0.2) is 0 Å². The number of aromatic nitrogens is 1. The van der Waals surface area contributed by atoms with E-state index in [1.807, 2.05) is 19.2 Å². The van der Waals surface area contributed by atoms with Gasteiger partial charge in [0.25, 0.3) is 23.4 Å². The Morgan fingerprint density at radius 2 is 1.74 bits per heavy atom. The maximum absolute atomic E-state index is 12.8. The maximum atomic E-state index is 12.8. The summed E-state index contributed by atoms with van der Waals surface area (Å²) >= 11 is 0. The zero-order valence-electron chi connectivity index (χ0n) is 20.6. The molecule has 1 unspecified atom stereocenters. The Balaban J connectivity index is 0.000000629. The van der Waals surface area contributed by atoms with Gasteiger partial charge in [0.05, 0.1) is 0 Å². The van der Waals surface area contributed by atoms with Crippen molar-refractivity contribution in [2.45, 2.75) is 59.4 Å². The Hall–Kier alpha value is -2.72. The van der Waals surface area contributed by atoms with E-state index >= 15 is 0 Å². The molecule has 3 heterocycles. The number of carboxylic acid groups (broad SMARTS) is 2. The Kier molecular flexibility index (Phi) is 13.8. The number of amides is 1. The molecule has 0 bridgehead atoms. The summed E-state index contributed by atoms with van der Waals surface area (Å²) < 4.78 is 1.71. The van der Waals surface area contributed by atoms with Crippen LogP contribution in [-0.4, -0.2) is 76.8 Å². The first kappa shape index (κ1) is 29.3. The number of rotatable bonds is 7. The zero-order valence-corrected chi connectivity index (χ0v) is 20.6. The minimum Gasteiger partial charge on any atom is -0.481 e. The van der Waals surface area contributed by atoms with Gasteiger partial charge in [-0.2, -0.15) is 0 Å². The van der Waals surface area contributed by atoms with Gasteiger partial charge in [-0.05, 0) is 89.3 Å². The highest BCUT2D eigenvalue weighted by Gasteiger charge is 2.19. The lowest BCUT2D eigenvalue weighted by molar-refractivity contribution is -0.135. The number of aliphatic carboxylic acids is 2. The summed E-state index contributed by atoms with van der Waals surface area (Å²) in [6.45, 7) is 10.7. The van der Waals surface area contributed by atoms with Gasteiger partial charge in [0.1, 0.15) is 5.56 Å². The third-order valence-electron chi connectivity index (χ3n) is 5.59. The summed E-state index contributed by atoms with van der Waals surface area (Å²) in [5, 5.41) is 21.2. The van der Waals surface area contributed by atoms with Crippen molar-refractivity contribution < 1.29 is 24.6 Å². The highest BCUT2D eigenvalue weighted by atomic mass is 16.4. The molecular formula is C24H40N4O6. The number of carbonyl (C=O) groups excluding carboxylic acids is 1. The average Bonchev–Trinajstić information content (AvgIpc) is 3.27. The van der Waals surface area contributed by atoms with Crippen LogP contribution in [0, 0.1) is 12.8 Å². The molecule has 2 saturated heterocycles. The summed E-state index contributed by atoms with van der Waals surface area (Å²) in [6, 6.07) is 1.89. The molecular weight excluding hydrogens is 440 g/mol. The topological polar surface area (TPSA) is 141 Å². The number of carboxylic acids is 2. The van der Waals surface area contributed by atoms with Gasteiger partial charge in [0, 0.05) is 33.1 Å². The quantitative estimate of drug-likeness (QED) is 0.431. The molecule has 0 radical (unpaired) electrons. The number of likely N-dealkylation sites (tertiary alicyclic amines) is 1.